The van der Waals surface area contributed by atoms with Crippen LogP contribution in [0.1, 0.15) is 18.4 Å². The highest BCUT2D eigenvalue weighted by Crippen LogP contribution is 2.34. The Bertz CT molecular complexity index is 385. The standard InChI is InChI=1S/C14H17IO3/c15-11-14(6-8-17-9-7-14)13(16)18-10-12-4-2-1-3-5-12/h1-5H,6-11H2. The SMILES string of the molecule is O=C(OCc1ccccc1)C1(CI)CCOCC1. The van der Waals surface area contributed by atoms with Gasteiger partial charge in [0, 0.05) is 17.6 Å². The quantitative estimate of drug-likeness (QED) is 0.471. The monoisotopic (exact) mass is 360 g/mol. The zero-order chi connectivity index (χ0) is 12.8. The second-order valence-electron chi connectivity index (χ2n) is 4.59. The van der Waals surface area contributed by atoms with Crippen LogP contribution in [0, 0.1) is 5.41 Å². The molecule has 0 saturated carbocycles. The summed E-state index contributed by atoms with van der Waals surface area (Å²) in [4.78, 5) is 12.2. The molecule has 3 nitrogen and oxygen atoms in total. The van der Waals surface area contributed by atoms with Crippen LogP contribution in [0.25, 0.3) is 0 Å². The molecule has 0 bridgehead atoms. The molecule has 1 heterocycles. The molecule has 0 atom stereocenters. The molecule has 2 rings (SSSR count). The summed E-state index contributed by atoms with van der Waals surface area (Å²) >= 11 is 2.27. The Balaban J connectivity index is 1.94. The third kappa shape index (κ3) is 3.23. The Kier molecular flexibility index (Phi) is 5.00. The minimum Gasteiger partial charge on any atom is -0.460 e. The second kappa shape index (κ2) is 6.52. The van der Waals surface area contributed by atoms with E-state index in [9.17, 15) is 4.79 Å². The second-order valence-corrected chi connectivity index (χ2v) is 5.35. The van der Waals surface area contributed by atoms with Crippen LogP contribution in [0.15, 0.2) is 30.3 Å². The number of benzene rings is 1. The summed E-state index contributed by atoms with van der Waals surface area (Å²) in [6.07, 6.45) is 1.53. The topological polar surface area (TPSA) is 35.5 Å². The molecule has 18 heavy (non-hydrogen) atoms. The summed E-state index contributed by atoms with van der Waals surface area (Å²) in [5, 5.41) is 0. The van der Waals surface area contributed by atoms with Gasteiger partial charge in [0.2, 0.25) is 0 Å². The number of hydrogen-bond donors (Lipinski definition) is 0. The van der Waals surface area contributed by atoms with Crippen molar-refractivity contribution in [2.75, 3.05) is 17.6 Å². The molecule has 0 unspecified atom stereocenters. The molecule has 1 aliphatic heterocycles. The zero-order valence-corrected chi connectivity index (χ0v) is 12.4. The van der Waals surface area contributed by atoms with Gasteiger partial charge >= 0.3 is 5.97 Å². The van der Waals surface area contributed by atoms with Gasteiger partial charge in [-0.05, 0) is 18.4 Å². The molecule has 0 spiro atoms. The van der Waals surface area contributed by atoms with E-state index in [1.165, 1.54) is 0 Å². The van der Waals surface area contributed by atoms with Crippen molar-refractivity contribution in [1.82, 2.24) is 0 Å². The summed E-state index contributed by atoms with van der Waals surface area (Å²) in [6.45, 7) is 1.67. The lowest BCUT2D eigenvalue weighted by molar-refractivity contribution is -0.161. The van der Waals surface area contributed by atoms with Crippen molar-refractivity contribution in [3.8, 4) is 0 Å². The van der Waals surface area contributed by atoms with Gasteiger partial charge in [0.1, 0.15) is 6.61 Å². The van der Waals surface area contributed by atoms with Crippen LogP contribution in [0.4, 0.5) is 0 Å². The average Bonchev–Trinajstić information content (AvgIpc) is 2.46. The Morgan fingerprint density at radius 3 is 2.56 bits per heavy atom. The predicted molar refractivity (Wildman–Crippen MR) is 77.6 cm³/mol. The van der Waals surface area contributed by atoms with Crippen LogP contribution in [-0.4, -0.2) is 23.6 Å². The number of alkyl halides is 1. The lowest BCUT2D eigenvalue weighted by Gasteiger charge is -2.33. The van der Waals surface area contributed by atoms with Crippen LogP contribution in [0.5, 0.6) is 0 Å². The fourth-order valence-corrected chi connectivity index (χ4v) is 3.10. The van der Waals surface area contributed by atoms with Gasteiger partial charge in [-0.25, -0.2) is 0 Å². The maximum atomic E-state index is 12.2. The first-order chi connectivity index (χ1) is 8.77. The van der Waals surface area contributed by atoms with Crippen molar-refractivity contribution in [1.29, 1.82) is 0 Å². The van der Waals surface area contributed by atoms with Crippen LogP contribution in [-0.2, 0) is 20.9 Å². The van der Waals surface area contributed by atoms with Gasteiger partial charge in [0.05, 0.1) is 5.41 Å². The zero-order valence-electron chi connectivity index (χ0n) is 10.2. The number of carbonyl (C=O) groups is 1. The molecule has 0 aliphatic carbocycles. The highest BCUT2D eigenvalue weighted by atomic mass is 127. The van der Waals surface area contributed by atoms with E-state index in [4.69, 9.17) is 9.47 Å². The van der Waals surface area contributed by atoms with Gasteiger partial charge in [-0.2, -0.15) is 0 Å². The van der Waals surface area contributed by atoms with Gasteiger partial charge in [0.15, 0.2) is 0 Å². The largest absolute Gasteiger partial charge is 0.460 e. The summed E-state index contributed by atoms with van der Waals surface area (Å²) in [7, 11) is 0. The molecule has 4 heteroatoms. The van der Waals surface area contributed by atoms with Gasteiger partial charge < -0.3 is 9.47 Å². The van der Waals surface area contributed by atoms with Crippen molar-refractivity contribution < 1.29 is 14.3 Å². The van der Waals surface area contributed by atoms with Crippen molar-refractivity contribution in [2.24, 2.45) is 5.41 Å². The van der Waals surface area contributed by atoms with E-state index < -0.39 is 0 Å². The van der Waals surface area contributed by atoms with E-state index in [-0.39, 0.29) is 11.4 Å². The third-order valence-electron chi connectivity index (χ3n) is 3.35. The van der Waals surface area contributed by atoms with E-state index in [1.807, 2.05) is 30.3 Å². The summed E-state index contributed by atoms with van der Waals surface area (Å²) in [6, 6.07) is 9.79. The van der Waals surface area contributed by atoms with Gasteiger partial charge in [-0.1, -0.05) is 52.9 Å². The fourth-order valence-electron chi connectivity index (χ4n) is 2.03. The summed E-state index contributed by atoms with van der Waals surface area (Å²) in [5.41, 5.74) is 0.689. The molecule has 1 aromatic carbocycles. The highest BCUT2D eigenvalue weighted by molar-refractivity contribution is 14.1. The van der Waals surface area contributed by atoms with E-state index in [0.29, 0.717) is 19.8 Å². The first kappa shape index (κ1) is 13.8. The van der Waals surface area contributed by atoms with Crippen molar-refractivity contribution in [3.63, 3.8) is 0 Å². The van der Waals surface area contributed by atoms with Crippen LogP contribution < -0.4 is 0 Å². The first-order valence-corrected chi connectivity index (χ1v) is 7.64. The molecule has 98 valence electrons. The maximum Gasteiger partial charge on any atom is 0.313 e. The average molecular weight is 360 g/mol. The van der Waals surface area contributed by atoms with Gasteiger partial charge in [0.25, 0.3) is 0 Å². The van der Waals surface area contributed by atoms with E-state index >= 15 is 0 Å². The van der Waals surface area contributed by atoms with E-state index in [2.05, 4.69) is 22.6 Å². The molecule has 1 aromatic rings. The minimum absolute atomic E-state index is 0.0796. The van der Waals surface area contributed by atoms with Crippen LogP contribution in [0.2, 0.25) is 0 Å². The normalized spacial score (nSPS) is 18.3. The lowest BCUT2D eigenvalue weighted by Crippen LogP contribution is -2.39. The van der Waals surface area contributed by atoms with Gasteiger partial charge in [-0.3, -0.25) is 4.79 Å². The third-order valence-corrected chi connectivity index (χ3v) is 4.81. The molecule has 1 saturated heterocycles. The number of ether oxygens (including phenoxy) is 2. The van der Waals surface area contributed by atoms with Crippen molar-refractivity contribution >= 4 is 28.6 Å². The number of esters is 1. The van der Waals surface area contributed by atoms with Crippen molar-refractivity contribution in [3.05, 3.63) is 35.9 Å². The minimum atomic E-state index is -0.340. The number of carbonyl (C=O) groups excluding carboxylic acids is 1. The smallest absolute Gasteiger partial charge is 0.313 e. The Hall–Kier alpha value is -0.620. The molecule has 0 N–H and O–H groups in total. The molecule has 0 amide bonds. The molecule has 1 fully saturated rings. The maximum absolute atomic E-state index is 12.2. The predicted octanol–water partition coefficient (Wildman–Crippen LogP) is 2.96. The molecular formula is C14H17IO3. The Morgan fingerprint density at radius 1 is 1.28 bits per heavy atom. The summed E-state index contributed by atoms with van der Waals surface area (Å²) < 4.78 is 11.6. The lowest BCUT2D eigenvalue weighted by atomic mass is 9.82. The Morgan fingerprint density at radius 2 is 1.94 bits per heavy atom. The highest BCUT2D eigenvalue weighted by Gasteiger charge is 2.40. The first-order valence-electron chi connectivity index (χ1n) is 6.12. The van der Waals surface area contributed by atoms with Crippen LogP contribution >= 0.6 is 22.6 Å². The van der Waals surface area contributed by atoms with E-state index in [1.54, 1.807) is 0 Å². The van der Waals surface area contributed by atoms with Gasteiger partial charge in [-0.15, -0.1) is 0 Å². The molecule has 0 aromatic heterocycles. The number of rotatable bonds is 4. The fraction of sp³-hybridized carbons (Fsp3) is 0.500. The summed E-state index contributed by atoms with van der Waals surface area (Å²) in [5.74, 6) is -0.0796. The molecule has 0 radical (unpaired) electrons. The number of hydrogen-bond acceptors (Lipinski definition) is 3. The number of halogens is 1. The van der Waals surface area contributed by atoms with Crippen molar-refractivity contribution in [2.45, 2.75) is 19.4 Å². The van der Waals surface area contributed by atoms with Crippen LogP contribution in [0.3, 0.4) is 0 Å². The molecular weight excluding hydrogens is 343 g/mol. The molecule has 1 aliphatic rings. The van der Waals surface area contributed by atoms with E-state index in [0.717, 1.165) is 22.8 Å². The Labute approximate surface area is 121 Å².